The van der Waals surface area contributed by atoms with Crippen LogP contribution in [0.1, 0.15) is 18.5 Å². The predicted molar refractivity (Wildman–Crippen MR) is 85.6 cm³/mol. The van der Waals surface area contributed by atoms with Gasteiger partial charge in [-0.05, 0) is 53.9 Å². The summed E-state index contributed by atoms with van der Waals surface area (Å²) in [5.41, 5.74) is 1.64. The Morgan fingerprint density at radius 1 is 1.33 bits per heavy atom. The molecule has 3 rings (SSSR count). The van der Waals surface area contributed by atoms with Gasteiger partial charge in [-0.15, -0.1) is 0 Å². The molecule has 1 aliphatic rings. The van der Waals surface area contributed by atoms with Gasteiger partial charge < -0.3 is 5.32 Å². The lowest BCUT2D eigenvalue weighted by Gasteiger charge is -2.10. The number of rotatable bonds is 4. The molecule has 0 radical (unpaired) electrons. The first-order valence-corrected chi connectivity index (χ1v) is 9.03. The van der Waals surface area contributed by atoms with Crippen LogP contribution in [0.5, 0.6) is 0 Å². The van der Waals surface area contributed by atoms with Crippen LogP contribution in [0.15, 0.2) is 33.6 Å². The highest BCUT2D eigenvalue weighted by molar-refractivity contribution is 9.10. The molecule has 1 N–H and O–H groups in total. The quantitative estimate of drug-likeness (QED) is 0.898. The Balaban J connectivity index is 1.96. The first-order valence-electron chi connectivity index (χ1n) is 6.69. The third kappa shape index (κ3) is 2.85. The van der Waals surface area contributed by atoms with Crippen molar-refractivity contribution in [3.63, 3.8) is 0 Å². The summed E-state index contributed by atoms with van der Waals surface area (Å²) in [6.45, 7) is 1.91. The highest BCUT2D eigenvalue weighted by Gasteiger charge is 2.38. The van der Waals surface area contributed by atoms with E-state index >= 15 is 0 Å². The predicted octanol–water partition coefficient (Wildman–Crippen LogP) is 3.17. The summed E-state index contributed by atoms with van der Waals surface area (Å²) in [6.07, 6.45) is 1.51. The number of nitrogens with one attached hydrogen (secondary N) is 1. The Kier molecular flexibility index (Phi) is 3.57. The number of hydrogen-bond donors (Lipinski definition) is 1. The van der Waals surface area contributed by atoms with Crippen molar-refractivity contribution >= 4 is 37.3 Å². The molecule has 1 aromatic carbocycles. The van der Waals surface area contributed by atoms with Crippen LogP contribution in [0.4, 0.5) is 11.5 Å². The number of hydrogen-bond acceptors (Lipinski definition) is 4. The van der Waals surface area contributed by atoms with Crippen molar-refractivity contribution in [1.82, 2.24) is 9.78 Å². The van der Waals surface area contributed by atoms with Gasteiger partial charge in [0.05, 0.1) is 15.8 Å². The van der Waals surface area contributed by atoms with Crippen molar-refractivity contribution in [1.29, 1.82) is 0 Å². The molecule has 5 nitrogen and oxygen atoms in total. The topological polar surface area (TPSA) is 64.0 Å². The molecule has 1 fully saturated rings. The van der Waals surface area contributed by atoms with Gasteiger partial charge in [0.1, 0.15) is 5.82 Å². The molecule has 0 amide bonds. The van der Waals surface area contributed by atoms with Crippen molar-refractivity contribution in [3.8, 4) is 0 Å². The minimum absolute atomic E-state index is 0.219. The molecule has 0 aliphatic heterocycles. The highest BCUT2D eigenvalue weighted by Crippen LogP contribution is 2.37. The van der Waals surface area contributed by atoms with E-state index < -0.39 is 9.84 Å². The normalized spacial score (nSPS) is 15.2. The van der Waals surface area contributed by atoms with Gasteiger partial charge in [-0.3, -0.25) is 4.68 Å². The van der Waals surface area contributed by atoms with Crippen LogP contribution < -0.4 is 5.32 Å². The fourth-order valence-corrected chi connectivity index (χ4v) is 4.90. The summed E-state index contributed by atoms with van der Waals surface area (Å²) >= 11 is 3.34. The lowest BCUT2D eigenvalue weighted by molar-refractivity contribution is 0.594. The zero-order chi connectivity index (χ0) is 15.2. The summed E-state index contributed by atoms with van der Waals surface area (Å²) in [4.78, 5) is 0.355. The maximum atomic E-state index is 12.4. The van der Waals surface area contributed by atoms with Crippen LogP contribution in [0.25, 0.3) is 0 Å². The van der Waals surface area contributed by atoms with Crippen LogP contribution in [0, 0.1) is 6.92 Å². The van der Waals surface area contributed by atoms with E-state index in [1.54, 1.807) is 16.8 Å². The number of halogens is 1. The van der Waals surface area contributed by atoms with E-state index in [2.05, 4.69) is 26.3 Å². The summed E-state index contributed by atoms with van der Waals surface area (Å²) in [7, 11) is -1.38. The van der Waals surface area contributed by atoms with Crippen molar-refractivity contribution in [2.45, 2.75) is 29.9 Å². The number of benzene rings is 1. The second kappa shape index (κ2) is 5.14. The summed E-state index contributed by atoms with van der Waals surface area (Å²) in [6, 6.07) is 7.20. The van der Waals surface area contributed by atoms with Gasteiger partial charge in [-0.1, -0.05) is 0 Å². The smallest absolute Gasteiger partial charge is 0.182 e. The van der Waals surface area contributed by atoms with Gasteiger partial charge in [0.15, 0.2) is 9.84 Å². The van der Waals surface area contributed by atoms with Gasteiger partial charge in [-0.25, -0.2) is 8.42 Å². The Hall–Kier alpha value is -1.34. The fourth-order valence-electron chi connectivity index (χ4n) is 2.23. The fraction of sp³-hybridized carbons (Fsp3) is 0.357. The highest BCUT2D eigenvalue weighted by atomic mass is 79.9. The van der Waals surface area contributed by atoms with Crippen molar-refractivity contribution < 1.29 is 8.42 Å². The molecule has 0 unspecified atom stereocenters. The minimum Gasteiger partial charge on any atom is -0.340 e. The van der Waals surface area contributed by atoms with Gasteiger partial charge in [0.25, 0.3) is 0 Å². The Bertz CT molecular complexity index is 795. The number of aryl methyl sites for hydroxylation is 2. The van der Waals surface area contributed by atoms with Crippen LogP contribution >= 0.6 is 15.9 Å². The summed E-state index contributed by atoms with van der Waals surface area (Å²) in [5, 5.41) is 7.25. The maximum Gasteiger partial charge on any atom is 0.182 e. The SMILES string of the molecule is Cc1cc(Nc2ccc(Br)c(S(=O)(=O)C3CC3)c2)n(C)n1. The lowest BCUT2D eigenvalue weighted by atomic mass is 10.3. The molecule has 112 valence electrons. The summed E-state index contributed by atoms with van der Waals surface area (Å²) < 4.78 is 27.2. The molecular formula is C14H16BrN3O2S. The van der Waals surface area contributed by atoms with Gasteiger partial charge in [0.2, 0.25) is 0 Å². The average molecular weight is 370 g/mol. The zero-order valence-corrected chi connectivity index (χ0v) is 14.2. The van der Waals surface area contributed by atoms with Crippen molar-refractivity contribution in [3.05, 3.63) is 34.4 Å². The van der Waals surface area contributed by atoms with E-state index in [9.17, 15) is 8.42 Å². The van der Waals surface area contributed by atoms with E-state index in [-0.39, 0.29) is 5.25 Å². The molecule has 1 aromatic heterocycles. The Morgan fingerprint density at radius 2 is 2.05 bits per heavy atom. The third-order valence-corrected chi connectivity index (χ3v) is 6.73. The van der Waals surface area contributed by atoms with Crippen LogP contribution in [-0.2, 0) is 16.9 Å². The molecular weight excluding hydrogens is 354 g/mol. The second-order valence-electron chi connectivity index (χ2n) is 5.31. The summed E-state index contributed by atoms with van der Waals surface area (Å²) in [5.74, 6) is 0.824. The van der Waals surface area contributed by atoms with E-state index in [1.807, 2.05) is 26.1 Å². The molecule has 7 heteroatoms. The maximum absolute atomic E-state index is 12.4. The molecule has 21 heavy (non-hydrogen) atoms. The van der Waals surface area contributed by atoms with E-state index in [0.717, 1.165) is 30.0 Å². The number of nitrogens with zero attached hydrogens (tertiary/aromatic N) is 2. The molecule has 0 saturated heterocycles. The molecule has 0 spiro atoms. The van der Waals surface area contributed by atoms with Gasteiger partial charge in [-0.2, -0.15) is 5.10 Å². The van der Waals surface area contributed by atoms with Gasteiger partial charge >= 0.3 is 0 Å². The van der Waals surface area contributed by atoms with E-state index in [0.29, 0.717) is 9.37 Å². The number of aromatic nitrogens is 2. The van der Waals surface area contributed by atoms with E-state index in [4.69, 9.17) is 0 Å². The van der Waals surface area contributed by atoms with Gasteiger partial charge in [0, 0.05) is 23.3 Å². The van der Waals surface area contributed by atoms with Crippen LogP contribution in [0.2, 0.25) is 0 Å². The molecule has 0 atom stereocenters. The number of anilines is 2. The Morgan fingerprint density at radius 3 is 2.62 bits per heavy atom. The largest absolute Gasteiger partial charge is 0.340 e. The molecule has 1 saturated carbocycles. The lowest BCUT2D eigenvalue weighted by Crippen LogP contribution is -2.08. The first-order chi connectivity index (χ1) is 9.88. The third-order valence-electron chi connectivity index (χ3n) is 3.48. The molecule has 1 heterocycles. The first kappa shape index (κ1) is 14.6. The van der Waals surface area contributed by atoms with Crippen molar-refractivity contribution in [2.24, 2.45) is 7.05 Å². The van der Waals surface area contributed by atoms with Crippen molar-refractivity contribution in [2.75, 3.05) is 5.32 Å². The zero-order valence-electron chi connectivity index (χ0n) is 11.8. The standard InChI is InChI=1S/C14H16BrN3O2S/c1-9-7-14(18(2)17-9)16-10-3-6-12(15)13(8-10)21(19,20)11-4-5-11/h3,6-8,11,16H,4-5H2,1-2H3. The van der Waals surface area contributed by atoms with E-state index in [1.165, 1.54) is 0 Å². The van der Waals surface area contributed by atoms with Crippen LogP contribution in [0.3, 0.4) is 0 Å². The second-order valence-corrected chi connectivity index (χ2v) is 8.36. The molecule has 2 aromatic rings. The molecule has 1 aliphatic carbocycles. The molecule has 0 bridgehead atoms. The average Bonchev–Trinajstić information content (AvgIpc) is 3.20. The van der Waals surface area contributed by atoms with Crippen LogP contribution in [-0.4, -0.2) is 23.4 Å². The number of sulfone groups is 1. The Labute approximate surface area is 132 Å². The monoisotopic (exact) mass is 369 g/mol. The minimum atomic E-state index is -3.23.